The van der Waals surface area contributed by atoms with Crippen molar-refractivity contribution >= 4 is 28.0 Å². The molecule has 1 amide bonds. The molecule has 1 aliphatic rings. The molecule has 1 aromatic carbocycles. The van der Waals surface area contributed by atoms with Gasteiger partial charge in [0.2, 0.25) is 5.91 Å². The summed E-state index contributed by atoms with van der Waals surface area (Å²) < 4.78 is 2.32. The molecule has 5 rings (SSSR count). The van der Waals surface area contributed by atoms with E-state index in [1.807, 2.05) is 47.6 Å². The third kappa shape index (κ3) is 3.26. The second kappa shape index (κ2) is 7.59. The van der Waals surface area contributed by atoms with E-state index in [1.54, 1.807) is 0 Å². The van der Waals surface area contributed by atoms with Gasteiger partial charge in [0.25, 0.3) is 0 Å². The van der Waals surface area contributed by atoms with Crippen LogP contribution in [0.15, 0.2) is 48.8 Å². The molecule has 0 saturated carbocycles. The number of nitrogens with zero attached hydrogens (tertiary/aromatic N) is 4. The lowest BCUT2D eigenvalue weighted by Crippen LogP contribution is -2.40. The van der Waals surface area contributed by atoms with Crippen molar-refractivity contribution in [2.75, 3.05) is 13.1 Å². The molecule has 0 aliphatic carbocycles. The summed E-state index contributed by atoms with van der Waals surface area (Å²) in [5, 5.41) is 1.14. The molecule has 0 unspecified atom stereocenters. The number of pyridine rings is 1. The Balaban J connectivity index is 1.31. The van der Waals surface area contributed by atoms with E-state index in [2.05, 4.69) is 34.4 Å². The number of benzene rings is 1. The zero-order valence-electron chi connectivity index (χ0n) is 17.5. The van der Waals surface area contributed by atoms with Crippen LogP contribution in [0, 0.1) is 0 Å². The number of fused-ring (bicyclic) bond motifs is 2. The molecule has 4 aromatic rings. The fourth-order valence-corrected chi connectivity index (χ4v) is 4.64. The van der Waals surface area contributed by atoms with Crippen molar-refractivity contribution in [2.24, 2.45) is 0 Å². The van der Waals surface area contributed by atoms with Gasteiger partial charge in [-0.3, -0.25) is 4.79 Å². The Bertz CT molecular complexity index is 1200. The quantitative estimate of drug-likeness (QED) is 0.550. The Kier molecular flexibility index (Phi) is 4.77. The highest BCUT2D eigenvalue weighted by atomic mass is 16.2. The Morgan fingerprint density at radius 3 is 2.77 bits per heavy atom. The molecule has 0 spiro atoms. The van der Waals surface area contributed by atoms with E-state index in [1.165, 1.54) is 0 Å². The number of aromatic amines is 1. The van der Waals surface area contributed by atoms with Gasteiger partial charge in [-0.15, -0.1) is 0 Å². The predicted molar refractivity (Wildman–Crippen MR) is 118 cm³/mol. The maximum Gasteiger partial charge on any atom is 0.227 e. The first-order valence-electron chi connectivity index (χ1n) is 10.8. The summed E-state index contributed by atoms with van der Waals surface area (Å²) in [6.45, 7) is 5.90. The number of piperidine rings is 1. The van der Waals surface area contributed by atoms with Crippen LogP contribution >= 0.6 is 0 Å². The summed E-state index contributed by atoms with van der Waals surface area (Å²) in [5.74, 6) is 1.63. The third-order valence-electron chi connectivity index (χ3n) is 6.19. The van der Waals surface area contributed by atoms with E-state index < -0.39 is 0 Å². The van der Waals surface area contributed by atoms with Gasteiger partial charge in [-0.1, -0.05) is 32.0 Å². The minimum absolute atomic E-state index is 0.205. The van der Waals surface area contributed by atoms with Gasteiger partial charge in [0.1, 0.15) is 11.3 Å². The van der Waals surface area contributed by atoms with E-state index in [0.29, 0.717) is 18.4 Å². The first-order valence-corrected chi connectivity index (χ1v) is 10.8. The van der Waals surface area contributed by atoms with Gasteiger partial charge in [-0.25, -0.2) is 9.97 Å². The maximum atomic E-state index is 13.0. The third-order valence-corrected chi connectivity index (χ3v) is 6.19. The van der Waals surface area contributed by atoms with Crippen LogP contribution in [0.4, 0.5) is 0 Å². The number of nitrogens with one attached hydrogen (secondary N) is 1. The number of carbonyl (C=O) groups excluding carboxylic acids is 1. The van der Waals surface area contributed by atoms with Crippen LogP contribution < -0.4 is 0 Å². The second-order valence-electron chi connectivity index (χ2n) is 8.49. The Labute approximate surface area is 175 Å². The van der Waals surface area contributed by atoms with E-state index >= 15 is 0 Å². The van der Waals surface area contributed by atoms with Crippen molar-refractivity contribution in [1.82, 2.24) is 24.4 Å². The highest BCUT2D eigenvalue weighted by Crippen LogP contribution is 2.31. The van der Waals surface area contributed by atoms with Gasteiger partial charge >= 0.3 is 0 Å². The molecule has 6 nitrogen and oxygen atoms in total. The minimum atomic E-state index is 0.205. The molecule has 4 heterocycles. The summed E-state index contributed by atoms with van der Waals surface area (Å²) in [7, 11) is 0. The number of aromatic nitrogens is 4. The summed E-state index contributed by atoms with van der Waals surface area (Å²) in [4.78, 5) is 27.7. The Morgan fingerprint density at radius 2 is 1.97 bits per heavy atom. The van der Waals surface area contributed by atoms with Crippen molar-refractivity contribution in [3.63, 3.8) is 0 Å². The lowest BCUT2D eigenvalue weighted by Gasteiger charge is -2.33. The monoisotopic (exact) mass is 401 g/mol. The van der Waals surface area contributed by atoms with Crippen molar-refractivity contribution in [3.05, 3.63) is 60.2 Å². The molecule has 1 aliphatic heterocycles. The normalized spacial score (nSPS) is 15.5. The number of H-pyrrole nitrogens is 1. The molecule has 1 N–H and O–H groups in total. The molecule has 0 atom stereocenters. The highest BCUT2D eigenvalue weighted by Gasteiger charge is 2.28. The van der Waals surface area contributed by atoms with Crippen molar-refractivity contribution in [2.45, 2.75) is 45.1 Å². The van der Waals surface area contributed by atoms with Gasteiger partial charge in [0, 0.05) is 48.3 Å². The predicted octanol–water partition coefficient (Wildman–Crippen LogP) is 4.44. The number of carbonyl (C=O) groups is 1. The molecule has 154 valence electrons. The van der Waals surface area contributed by atoms with Crippen LogP contribution in [0.5, 0.6) is 0 Å². The van der Waals surface area contributed by atoms with Gasteiger partial charge < -0.3 is 14.5 Å². The summed E-state index contributed by atoms with van der Waals surface area (Å²) in [5.41, 5.74) is 4.08. The smallest absolute Gasteiger partial charge is 0.227 e. The van der Waals surface area contributed by atoms with E-state index in [0.717, 1.165) is 59.4 Å². The van der Waals surface area contributed by atoms with Crippen LogP contribution in [0.25, 0.3) is 22.1 Å². The maximum absolute atomic E-state index is 13.0. The van der Waals surface area contributed by atoms with E-state index in [-0.39, 0.29) is 5.91 Å². The highest BCUT2D eigenvalue weighted by molar-refractivity contribution is 5.88. The number of amides is 1. The number of likely N-dealkylation sites (tertiary alicyclic amines) is 1. The molecular weight excluding hydrogens is 374 g/mol. The molecular formula is C24H27N5O. The summed E-state index contributed by atoms with van der Waals surface area (Å²) >= 11 is 0. The molecule has 3 aromatic heterocycles. The standard InChI is InChI=1S/C24H27N5O/c1-16(2)23-27-21-8-5-11-25-24(21)29(23)18-9-12-28(13-10-18)22(30)14-17-15-26-20-7-4-3-6-19(17)20/h3-8,11,15-16,18,26H,9-10,12-14H2,1-2H3. The summed E-state index contributed by atoms with van der Waals surface area (Å²) in [6.07, 6.45) is 6.11. The molecule has 0 bridgehead atoms. The van der Waals surface area contributed by atoms with Crippen molar-refractivity contribution in [3.8, 4) is 0 Å². The number of para-hydroxylation sites is 1. The average Bonchev–Trinajstić information content (AvgIpc) is 3.36. The van der Waals surface area contributed by atoms with Crippen LogP contribution in [-0.4, -0.2) is 43.4 Å². The number of imidazole rings is 1. The van der Waals surface area contributed by atoms with Crippen molar-refractivity contribution in [1.29, 1.82) is 0 Å². The molecule has 6 heteroatoms. The molecule has 1 saturated heterocycles. The second-order valence-corrected chi connectivity index (χ2v) is 8.49. The first kappa shape index (κ1) is 18.9. The largest absolute Gasteiger partial charge is 0.361 e. The zero-order chi connectivity index (χ0) is 20.7. The molecule has 30 heavy (non-hydrogen) atoms. The van der Waals surface area contributed by atoms with Crippen molar-refractivity contribution < 1.29 is 4.79 Å². The fourth-order valence-electron chi connectivity index (χ4n) is 4.64. The van der Waals surface area contributed by atoms with Gasteiger partial charge in [0.05, 0.1) is 6.42 Å². The molecule has 0 radical (unpaired) electrons. The van der Waals surface area contributed by atoms with Crippen LogP contribution in [0.2, 0.25) is 0 Å². The SMILES string of the molecule is CC(C)c1nc2cccnc2n1C1CCN(C(=O)Cc2c[nH]c3ccccc23)CC1. The average molecular weight is 402 g/mol. The lowest BCUT2D eigenvalue weighted by molar-refractivity contribution is -0.131. The fraction of sp³-hybridized carbons (Fsp3) is 0.375. The zero-order valence-corrected chi connectivity index (χ0v) is 17.5. The first-order chi connectivity index (χ1) is 14.6. The van der Waals surface area contributed by atoms with Crippen LogP contribution in [-0.2, 0) is 11.2 Å². The number of hydrogen-bond donors (Lipinski definition) is 1. The topological polar surface area (TPSA) is 66.8 Å². The van der Waals surface area contributed by atoms with Gasteiger partial charge in [-0.2, -0.15) is 0 Å². The Morgan fingerprint density at radius 1 is 1.17 bits per heavy atom. The van der Waals surface area contributed by atoms with Gasteiger partial charge in [0.15, 0.2) is 5.65 Å². The van der Waals surface area contributed by atoms with Gasteiger partial charge in [-0.05, 0) is 36.6 Å². The minimum Gasteiger partial charge on any atom is -0.361 e. The van der Waals surface area contributed by atoms with E-state index in [4.69, 9.17) is 4.98 Å². The molecule has 1 fully saturated rings. The number of rotatable bonds is 4. The van der Waals surface area contributed by atoms with Crippen LogP contribution in [0.1, 0.15) is 50.0 Å². The lowest BCUT2D eigenvalue weighted by atomic mass is 10.0. The van der Waals surface area contributed by atoms with Crippen LogP contribution in [0.3, 0.4) is 0 Å². The number of hydrogen-bond acceptors (Lipinski definition) is 3. The summed E-state index contributed by atoms with van der Waals surface area (Å²) in [6, 6.07) is 12.5. The Hall–Kier alpha value is -3.15. The van der Waals surface area contributed by atoms with E-state index in [9.17, 15) is 4.79 Å².